The van der Waals surface area contributed by atoms with Gasteiger partial charge in [-0.05, 0) is 49.8 Å². The van der Waals surface area contributed by atoms with Crippen molar-refractivity contribution in [2.75, 3.05) is 31.2 Å². The zero-order chi connectivity index (χ0) is 26.5. The summed E-state index contributed by atoms with van der Waals surface area (Å²) in [6.07, 6.45) is 7.85. The molecule has 0 radical (unpaired) electrons. The van der Waals surface area contributed by atoms with Crippen molar-refractivity contribution in [3.8, 4) is 0 Å². The molecule has 202 valence electrons. The third-order valence-electron chi connectivity index (χ3n) is 8.78. The molecule has 2 aromatic rings. The summed E-state index contributed by atoms with van der Waals surface area (Å²) >= 11 is 0. The maximum atomic E-state index is 13.9. The van der Waals surface area contributed by atoms with Gasteiger partial charge in [0, 0.05) is 25.2 Å². The molecule has 7 heteroatoms. The van der Waals surface area contributed by atoms with E-state index in [4.69, 9.17) is 0 Å². The van der Waals surface area contributed by atoms with Crippen molar-refractivity contribution in [1.82, 2.24) is 15.1 Å². The van der Waals surface area contributed by atoms with Crippen LogP contribution >= 0.6 is 0 Å². The second-order valence-electron chi connectivity index (χ2n) is 11.2. The van der Waals surface area contributed by atoms with Crippen LogP contribution in [0.3, 0.4) is 0 Å². The minimum atomic E-state index is -0.727. The third kappa shape index (κ3) is 5.57. The maximum absolute atomic E-state index is 13.9. The highest BCUT2D eigenvalue weighted by Crippen LogP contribution is 2.39. The van der Waals surface area contributed by atoms with Crippen molar-refractivity contribution in [1.29, 1.82) is 0 Å². The number of hydrogen-bond donors (Lipinski definition) is 1. The van der Waals surface area contributed by atoms with Crippen LogP contribution in [0.15, 0.2) is 60.7 Å². The summed E-state index contributed by atoms with van der Waals surface area (Å²) in [5, 5.41) is 3.04. The number of rotatable bonds is 8. The number of carbonyl (C=O) groups is 3. The molecule has 1 atom stereocenters. The van der Waals surface area contributed by atoms with Gasteiger partial charge in [0.2, 0.25) is 11.8 Å². The first-order valence-corrected chi connectivity index (χ1v) is 14.2. The van der Waals surface area contributed by atoms with E-state index in [9.17, 15) is 14.4 Å². The highest BCUT2D eigenvalue weighted by Gasteiger charge is 2.54. The molecule has 5 rings (SSSR count). The van der Waals surface area contributed by atoms with E-state index < -0.39 is 5.54 Å². The SMILES string of the molecule is CC(NC(=O)CN1CN(c2ccccc2)C2(CCN(C(=O)CCC3CCCC3)CC2)C1=O)c1ccccc1. The summed E-state index contributed by atoms with van der Waals surface area (Å²) in [7, 11) is 0. The molecule has 7 nitrogen and oxygen atoms in total. The molecular formula is C31H40N4O3. The van der Waals surface area contributed by atoms with E-state index in [1.165, 1.54) is 25.7 Å². The second-order valence-corrected chi connectivity index (χ2v) is 11.2. The largest absolute Gasteiger partial charge is 0.348 e. The van der Waals surface area contributed by atoms with Crippen LogP contribution in [0.5, 0.6) is 0 Å². The van der Waals surface area contributed by atoms with Gasteiger partial charge in [-0.1, -0.05) is 74.2 Å². The molecule has 3 fully saturated rings. The number of likely N-dealkylation sites (tertiary alicyclic amines) is 1. The fourth-order valence-electron chi connectivity index (χ4n) is 6.52. The van der Waals surface area contributed by atoms with E-state index in [-0.39, 0.29) is 30.3 Å². The van der Waals surface area contributed by atoms with Crippen LogP contribution in [0.25, 0.3) is 0 Å². The second kappa shape index (κ2) is 11.6. The van der Waals surface area contributed by atoms with Crippen LogP contribution in [0.2, 0.25) is 0 Å². The fourth-order valence-corrected chi connectivity index (χ4v) is 6.52. The van der Waals surface area contributed by atoms with E-state index in [0.717, 1.165) is 17.7 Å². The highest BCUT2D eigenvalue weighted by molar-refractivity contribution is 5.96. The lowest BCUT2D eigenvalue weighted by atomic mass is 9.85. The molecule has 2 saturated heterocycles. The van der Waals surface area contributed by atoms with Crippen molar-refractivity contribution in [3.63, 3.8) is 0 Å². The van der Waals surface area contributed by atoms with Crippen molar-refractivity contribution >= 4 is 23.4 Å². The number of hydrogen-bond acceptors (Lipinski definition) is 4. The Morgan fingerprint density at radius 3 is 2.26 bits per heavy atom. The molecular weight excluding hydrogens is 476 g/mol. The number of benzene rings is 2. The predicted molar refractivity (Wildman–Crippen MR) is 148 cm³/mol. The van der Waals surface area contributed by atoms with E-state index in [0.29, 0.717) is 44.9 Å². The Bertz CT molecular complexity index is 1110. The zero-order valence-electron chi connectivity index (χ0n) is 22.5. The van der Waals surface area contributed by atoms with Crippen LogP contribution in [0.1, 0.15) is 69.9 Å². The van der Waals surface area contributed by atoms with Gasteiger partial charge in [-0.25, -0.2) is 0 Å². The summed E-state index contributed by atoms with van der Waals surface area (Å²) in [5.74, 6) is 0.736. The number of carbonyl (C=O) groups excluding carboxylic acids is 3. The molecule has 2 aromatic carbocycles. The number of piperidine rings is 1. The van der Waals surface area contributed by atoms with E-state index >= 15 is 0 Å². The normalized spacial score (nSPS) is 20.2. The minimum absolute atomic E-state index is 0.0121. The molecule has 3 amide bonds. The minimum Gasteiger partial charge on any atom is -0.348 e. The average molecular weight is 517 g/mol. The van der Waals surface area contributed by atoms with Gasteiger partial charge in [0.05, 0.1) is 12.7 Å². The Hall–Kier alpha value is -3.35. The van der Waals surface area contributed by atoms with Gasteiger partial charge < -0.3 is 20.0 Å². The number of amides is 3. The van der Waals surface area contributed by atoms with Crippen molar-refractivity contribution in [3.05, 3.63) is 66.2 Å². The van der Waals surface area contributed by atoms with E-state index in [1.54, 1.807) is 4.90 Å². The molecule has 0 bridgehead atoms. The zero-order valence-corrected chi connectivity index (χ0v) is 22.5. The maximum Gasteiger partial charge on any atom is 0.250 e. The molecule has 2 heterocycles. The summed E-state index contributed by atoms with van der Waals surface area (Å²) in [4.78, 5) is 45.7. The first-order valence-electron chi connectivity index (χ1n) is 14.2. The Morgan fingerprint density at radius 1 is 0.974 bits per heavy atom. The molecule has 3 aliphatic rings. The monoisotopic (exact) mass is 516 g/mol. The number of nitrogens with one attached hydrogen (secondary N) is 1. The van der Waals surface area contributed by atoms with Gasteiger partial charge in [0.1, 0.15) is 12.1 Å². The molecule has 2 aliphatic heterocycles. The Kier molecular flexibility index (Phi) is 8.01. The first kappa shape index (κ1) is 26.3. The summed E-state index contributed by atoms with van der Waals surface area (Å²) in [6.45, 7) is 3.49. The lowest BCUT2D eigenvalue weighted by Gasteiger charge is -2.43. The van der Waals surface area contributed by atoms with E-state index in [2.05, 4.69) is 10.2 Å². The summed E-state index contributed by atoms with van der Waals surface area (Å²) in [5.41, 5.74) is 1.28. The molecule has 0 aromatic heterocycles. The van der Waals surface area contributed by atoms with Crippen molar-refractivity contribution in [2.45, 2.75) is 69.9 Å². The number of anilines is 1. The Balaban J connectivity index is 1.25. The van der Waals surface area contributed by atoms with Crippen molar-refractivity contribution in [2.24, 2.45) is 5.92 Å². The van der Waals surface area contributed by atoms with Crippen LogP contribution < -0.4 is 10.2 Å². The smallest absolute Gasteiger partial charge is 0.250 e. The number of nitrogens with zero attached hydrogens (tertiary/aromatic N) is 3. The highest BCUT2D eigenvalue weighted by atomic mass is 16.2. The molecule has 1 spiro atoms. The predicted octanol–water partition coefficient (Wildman–Crippen LogP) is 4.50. The van der Waals surface area contributed by atoms with Gasteiger partial charge in [-0.2, -0.15) is 0 Å². The summed E-state index contributed by atoms with van der Waals surface area (Å²) < 4.78 is 0. The lowest BCUT2D eigenvalue weighted by molar-refractivity contribution is -0.140. The summed E-state index contributed by atoms with van der Waals surface area (Å²) in [6, 6.07) is 19.7. The molecule has 1 saturated carbocycles. The number of para-hydroxylation sites is 1. The van der Waals surface area contributed by atoms with Gasteiger partial charge in [-0.15, -0.1) is 0 Å². The Morgan fingerprint density at radius 2 is 1.61 bits per heavy atom. The quantitative estimate of drug-likeness (QED) is 0.561. The molecule has 1 unspecified atom stereocenters. The van der Waals surface area contributed by atoms with Crippen LogP contribution in [-0.4, -0.2) is 59.4 Å². The van der Waals surface area contributed by atoms with E-state index in [1.807, 2.05) is 72.5 Å². The van der Waals surface area contributed by atoms with Crippen LogP contribution in [0.4, 0.5) is 5.69 Å². The molecule has 1 N–H and O–H groups in total. The Labute approximate surface area is 226 Å². The average Bonchev–Trinajstić information content (AvgIpc) is 3.56. The first-order chi connectivity index (χ1) is 18.5. The van der Waals surface area contributed by atoms with Gasteiger partial charge >= 0.3 is 0 Å². The topological polar surface area (TPSA) is 73.0 Å². The fraction of sp³-hybridized carbons (Fsp3) is 0.516. The van der Waals surface area contributed by atoms with Crippen molar-refractivity contribution < 1.29 is 14.4 Å². The van der Waals surface area contributed by atoms with Gasteiger partial charge in [0.15, 0.2) is 0 Å². The van der Waals surface area contributed by atoms with Gasteiger partial charge in [-0.3, -0.25) is 14.4 Å². The standard InChI is InChI=1S/C31H40N4O3/c1-24(26-12-4-2-5-13-26)32-28(36)22-34-23-35(27-14-6-3-7-15-27)31(30(34)38)18-20-33(21-19-31)29(37)17-16-25-10-8-9-11-25/h2-7,12-15,24-25H,8-11,16-23H2,1H3,(H,32,36). The van der Waals surface area contributed by atoms with Crippen LogP contribution in [0, 0.1) is 5.92 Å². The molecule has 1 aliphatic carbocycles. The van der Waals surface area contributed by atoms with Gasteiger partial charge in [0.25, 0.3) is 5.91 Å². The lowest BCUT2D eigenvalue weighted by Crippen LogP contribution is -2.57. The van der Waals surface area contributed by atoms with Crippen LogP contribution in [-0.2, 0) is 14.4 Å². The third-order valence-corrected chi connectivity index (χ3v) is 8.78. The molecule has 38 heavy (non-hydrogen) atoms.